The Morgan fingerprint density at radius 3 is 2.78 bits per heavy atom. The highest BCUT2D eigenvalue weighted by Crippen LogP contribution is 2.32. The fourth-order valence-corrected chi connectivity index (χ4v) is 2.39. The molecule has 1 aromatic heterocycles. The second-order valence-corrected chi connectivity index (χ2v) is 4.30. The first kappa shape index (κ1) is 15.3. The van der Waals surface area contributed by atoms with Crippen LogP contribution in [0.3, 0.4) is 0 Å². The molecule has 1 rings (SSSR count). The number of carbonyl (C=O) groups is 1. The molecule has 0 radical (unpaired) electrons. The molecular formula is C11H11BrClF2NO2. The van der Waals surface area contributed by atoms with E-state index in [0.717, 1.165) is 0 Å². The first-order valence-electron chi connectivity index (χ1n) is 5.17. The van der Waals surface area contributed by atoms with E-state index >= 15 is 0 Å². The van der Waals surface area contributed by atoms with E-state index < -0.39 is 12.4 Å². The molecule has 100 valence electrons. The number of pyridine rings is 1. The van der Waals surface area contributed by atoms with Gasteiger partial charge < -0.3 is 4.74 Å². The van der Waals surface area contributed by atoms with Crippen molar-refractivity contribution >= 4 is 33.5 Å². The van der Waals surface area contributed by atoms with Gasteiger partial charge in [-0.25, -0.2) is 13.8 Å². The summed E-state index contributed by atoms with van der Waals surface area (Å²) in [6.45, 7) is 1.92. The molecular weight excluding hydrogens is 331 g/mol. The van der Waals surface area contributed by atoms with Gasteiger partial charge in [-0.1, -0.05) is 27.5 Å². The molecule has 0 atom stereocenters. The second kappa shape index (κ2) is 6.99. The van der Waals surface area contributed by atoms with Gasteiger partial charge in [0, 0.05) is 11.5 Å². The van der Waals surface area contributed by atoms with Gasteiger partial charge in [-0.2, -0.15) is 0 Å². The predicted octanol–water partition coefficient (Wildman–Crippen LogP) is 3.67. The maximum atomic E-state index is 12.9. The standard InChI is InChI=1S/C11H11BrClF2NO2/c1-2-18-8(17)3-6-5-16-10(13)9(11(14)15)7(6)4-12/h5,11H,2-4H2,1H3. The number of hydrogen-bond acceptors (Lipinski definition) is 3. The molecule has 0 saturated carbocycles. The van der Waals surface area contributed by atoms with E-state index in [0.29, 0.717) is 5.56 Å². The van der Waals surface area contributed by atoms with Crippen molar-refractivity contribution in [2.75, 3.05) is 6.61 Å². The minimum Gasteiger partial charge on any atom is -0.466 e. The fraction of sp³-hybridized carbons (Fsp3) is 0.455. The highest BCUT2D eigenvalue weighted by Gasteiger charge is 2.21. The van der Waals surface area contributed by atoms with Gasteiger partial charge in [0.05, 0.1) is 18.6 Å². The molecule has 0 aliphatic rings. The van der Waals surface area contributed by atoms with Crippen molar-refractivity contribution in [1.29, 1.82) is 0 Å². The van der Waals surface area contributed by atoms with Gasteiger partial charge in [0.25, 0.3) is 6.43 Å². The van der Waals surface area contributed by atoms with E-state index in [1.807, 2.05) is 0 Å². The van der Waals surface area contributed by atoms with Crippen molar-refractivity contribution in [3.05, 3.63) is 28.0 Å². The molecule has 0 aliphatic heterocycles. The van der Waals surface area contributed by atoms with Crippen LogP contribution in [0.5, 0.6) is 0 Å². The van der Waals surface area contributed by atoms with E-state index in [1.54, 1.807) is 6.92 Å². The molecule has 1 aromatic rings. The average Bonchev–Trinajstić information content (AvgIpc) is 2.30. The van der Waals surface area contributed by atoms with Gasteiger partial charge in [-0.15, -0.1) is 0 Å². The number of halogens is 4. The summed E-state index contributed by atoms with van der Waals surface area (Å²) in [4.78, 5) is 15.0. The Morgan fingerprint density at radius 1 is 1.61 bits per heavy atom. The molecule has 18 heavy (non-hydrogen) atoms. The number of alkyl halides is 3. The Labute approximate surface area is 117 Å². The summed E-state index contributed by atoms with van der Waals surface area (Å²) in [5, 5.41) is -0.0732. The van der Waals surface area contributed by atoms with E-state index in [2.05, 4.69) is 20.9 Å². The number of hydrogen-bond donors (Lipinski definition) is 0. The molecule has 0 fully saturated rings. The van der Waals surface area contributed by atoms with Crippen LogP contribution in [0.4, 0.5) is 8.78 Å². The first-order chi connectivity index (χ1) is 8.51. The SMILES string of the molecule is CCOC(=O)Cc1cnc(Cl)c(C(F)F)c1CBr. The second-order valence-electron chi connectivity index (χ2n) is 3.38. The lowest BCUT2D eigenvalue weighted by atomic mass is 10.0. The van der Waals surface area contributed by atoms with Gasteiger partial charge >= 0.3 is 5.97 Å². The molecule has 3 nitrogen and oxygen atoms in total. The summed E-state index contributed by atoms with van der Waals surface area (Å²) in [5.74, 6) is -0.482. The van der Waals surface area contributed by atoms with Crippen LogP contribution in [-0.4, -0.2) is 17.6 Å². The topological polar surface area (TPSA) is 39.2 Å². The van der Waals surface area contributed by atoms with Crippen LogP contribution >= 0.6 is 27.5 Å². The van der Waals surface area contributed by atoms with Crippen LogP contribution in [0.2, 0.25) is 5.15 Å². The average molecular weight is 343 g/mol. The third-order valence-electron chi connectivity index (χ3n) is 2.26. The molecule has 0 bridgehead atoms. The summed E-state index contributed by atoms with van der Waals surface area (Å²) >= 11 is 8.76. The summed E-state index contributed by atoms with van der Waals surface area (Å²) in [5.41, 5.74) is 0.346. The maximum absolute atomic E-state index is 12.9. The number of rotatable bonds is 5. The number of carbonyl (C=O) groups excluding carboxylic acids is 1. The molecule has 0 N–H and O–H groups in total. The number of esters is 1. The summed E-state index contributed by atoms with van der Waals surface area (Å²) < 4.78 is 30.5. The quantitative estimate of drug-likeness (QED) is 0.465. The fourth-order valence-electron chi connectivity index (χ4n) is 1.48. The lowest BCUT2D eigenvalue weighted by Gasteiger charge is -2.13. The van der Waals surface area contributed by atoms with Crippen molar-refractivity contribution in [2.45, 2.75) is 25.1 Å². The van der Waals surface area contributed by atoms with Crippen LogP contribution in [-0.2, 0) is 21.3 Å². The Balaban J connectivity index is 3.13. The summed E-state index contributed by atoms with van der Waals surface area (Å²) in [6.07, 6.45) is -1.51. The van der Waals surface area contributed by atoms with E-state index in [9.17, 15) is 13.6 Å². The van der Waals surface area contributed by atoms with Gasteiger partial charge in [0.1, 0.15) is 5.15 Å². The molecule has 0 spiro atoms. The Kier molecular flexibility index (Phi) is 5.95. The lowest BCUT2D eigenvalue weighted by molar-refractivity contribution is -0.142. The molecule has 7 heteroatoms. The van der Waals surface area contributed by atoms with Gasteiger partial charge in [0.15, 0.2) is 0 Å². The molecule has 0 unspecified atom stereocenters. The van der Waals surface area contributed by atoms with E-state index in [4.69, 9.17) is 16.3 Å². The normalized spacial score (nSPS) is 10.8. The first-order valence-corrected chi connectivity index (χ1v) is 6.67. The predicted molar refractivity (Wildman–Crippen MR) is 67.2 cm³/mol. The zero-order valence-electron chi connectivity index (χ0n) is 9.55. The summed E-state index contributed by atoms with van der Waals surface area (Å²) in [7, 11) is 0. The minimum atomic E-state index is -2.74. The zero-order chi connectivity index (χ0) is 13.7. The monoisotopic (exact) mass is 341 g/mol. The molecule has 0 aliphatic carbocycles. The smallest absolute Gasteiger partial charge is 0.310 e. The number of nitrogens with zero attached hydrogens (tertiary/aromatic N) is 1. The number of aromatic nitrogens is 1. The number of ether oxygens (including phenoxy) is 1. The van der Waals surface area contributed by atoms with E-state index in [-0.39, 0.29) is 34.6 Å². The zero-order valence-corrected chi connectivity index (χ0v) is 11.9. The third-order valence-corrected chi connectivity index (χ3v) is 3.12. The highest BCUT2D eigenvalue weighted by molar-refractivity contribution is 9.08. The highest BCUT2D eigenvalue weighted by atomic mass is 79.9. The minimum absolute atomic E-state index is 0.0985. The van der Waals surface area contributed by atoms with Crippen LogP contribution in [0, 0.1) is 0 Å². The Hall–Kier alpha value is -0.750. The van der Waals surface area contributed by atoms with Gasteiger partial charge in [-0.05, 0) is 18.1 Å². The third kappa shape index (κ3) is 3.62. The van der Waals surface area contributed by atoms with Gasteiger partial charge in [0.2, 0.25) is 0 Å². The van der Waals surface area contributed by atoms with E-state index in [1.165, 1.54) is 6.20 Å². The Morgan fingerprint density at radius 2 is 2.28 bits per heavy atom. The van der Waals surface area contributed by atoms with Crippen molar-refractivity contribution in [3.63, 3.8) is 0 Å². The largest absolute Gasteiger partial charge is 0.466 e. The Bertz CT molecular complexity index is 443. The molecule has 0 saturated heterocycles. The van der Waals surface area contributed by atoms with Crippen LogP contribution < -0.4 is 0 Å². The van der Waals surface area contributed by atoms with Crippen LogP contribution in [0.25, 0.3) is 0 Å². The summed E-state index contributed by atoms with van der Waals surface area (Å²) in [6, 6.07) is 0. The van der Waals surface area contributed by atoms with Crippen molar-refractivity contribution in [1.82, 2.24) is 4.98 Å². The molecule has 0 aromatic carbocycles. The van der Waals surface area contributed by atoms with Crippen LogP contribution in [0.1, 0.15) is 30.0 Å². The van der Waals surface area contributed by atoms with Crippen molar-refractivity contribution < 1.29 is 18.3 Å². The van der Waals surface area contributed by atoms with Crippen LogP contribution in [0.15, 0.2) is 6.20 Å². The molecule has 1 heterocycles. The van der Waals surface area contributed by atoms with Gasteiger partial charge in [-0.3, -0.25) is 4.79 Å². The maximum Gasteiger partial charge on any atom is 0.310 e. The van der Waals surface area contributed by atoms with Crippen molar-refractivity contribution in [2.24, 2.45) is 0 Å². The lowest BCUT2D eigenvalue weighted by Crippen LogP contribution is -2.11. The molecule has 0 amide bonds. The van der Waals surface area contributed by atoms with Crippen molar-refractivity contribution in [3.8, 4) is 0 Å².